The maximum absolute atomic E-state index is 5.67. The van der Waals surface area contributed by atoms with E-state index in [2.05, 4.69) is 94.3 Å². The van der Waals surface area contributed by atoms with Crippen LogP contribution in [0, 0.1) is 3.57 Å². The molecular weight excluding hydrogens is 465 g/mol. The fourth-order valence-electron chi connectivity index (χ4n) is 3.46. The highest BCUT2D eigenvalue weighted by Gasteiger charge is 2.26. The molecule has 0 aromatic heterocycles. The van der Waals surface area contributed by atoms with Crippen molar-refractivity contribution in [2.75, 3.05) is 6.61 Å². The summed E-state index contributed by atoms with van der Waals surface area (Å²) in [5.74, 6) is 0.858. The monoisotopic (exact) mass is 481 g/mol. The molecule has 2 aliphatic rings. The molecule has 5 rings (SSSR count). The molecular formula is C23H16INOS. The highest BCUT2D eigenvalue weighted by atomic mass is 127. The average Bonchev–Trinajstić information content (AvgIpc) is 2.73. The van der Waals surface area contributed by atoms with Gasteiger partial charge in [-0.1, -0.05) is 42.5 Å². The number of fused-ring (bicyclic) bond motifs is 2. The van der Waals surface area contributed by atoms with Crippen LogP contribution in [0.1, 0.15) is 21.9 Å². The molecule has 0 N–H and O–H groups in total. The van der Waals surface area contributed by atoms with Gasteiger partial charge in [0, 0.05) is 14.7 Å². The molecule has 2 heterocycles. The molecule has 1 atom stereocenters. The Labute approximate surface area is 176 Å². The number of aliphatic imine (C=N–C) groups is 1. The van der Waals surface area contributed by atoms with Gasteiger partial charge in [-0.3, -0.25) is 4.99 Å². The van der Waals surface area contributed by atoms with Crippen molar-refractivity contribution < 1.29 is 4.74 Å². The molecule has 0 saturated carbocycles. The molecule has 0 bridgehead atoms. The largest absolute Gasteiger partial charge is 0.486 e. The topological polar surface area (TPSA) is 21.6 Å². The van der Waals surface area contributed by atoms with E-state index in [4.69, 9.17) is 4.74 Å². The highest BCUT2D eigenvalue weighted by molar-refractivity contribution is 14.1. The van der Waals surface area contributed by atoms with Crippen LogP contribution >= 0.6 is 34.4 Å². The van der Waals surface area contributed by atoms with Crippen molar-refractivity contribution in [2.24, 2.45) is 4.99 Å². The van der Waals surface area contributed by atoms with Crippen LogP contribution < -0.4 is 4.74 Å². The number of hydrogen-bond donors (Lipinski definition) is 0. The van der Waals surface area contributed by atoms with Crippen LogP contribution in [-0.2, 0) is 0 Å². The second-order valence-electron chi connectivity index (χ2n) is 6.50. The van der Waals surface area contributed by atoms with Crippen molar-refractivity contribution in [2.45, 2.75) is 10.1 Å². The molecule has 0 fully saturated rings. The Kier molecular flexibility index (Phi) is 4.53. The molecule has 0 amide bonds. The Morgan fingerprint density at radius 1 is 1.00 bits per heavy atom. The summed E-state index contributed by atoms with van der Waals surface area (Å²) in [6, 6.07) is 23.7. The van der Waals surface area contributed by atoms with Crippen molar-refractivity contribution in [3.63, 3.8) is 0 Å². The number of hydrogen-bond acceptors (Lipinski definition) is 3. The lowest BCUT2D eigenvalue weighted by Gasteiger charge is -2.27. The SMILES string of the molecule is Ic1ccc2c(c1)SC(c1ccccc1)C(c1ccc3c(c1)N=CCO3)=C2. The molecule has 0 radical (unpaired) electrons. The van der Waals surface area contributed by atoms with E-state index < -0.39 is 0 Å². The van der Waals surface area contributed by atoms with Gasteiger partial charge in [-0.25, -0.2) is 0 Å². The van der Waals surface area contributed by atoms with Crippen LogP contribution in [0.5, 0.6) is 5.75 Å². The summed E-state index contributed by atoms with van der Waals surface area (Å²) in [6.45, 7) is 0.545. The van der Waals surface area contributed by atoms with Crippen molar-refractivity contribution in [3.05, 3.63) is 87.0 Å². The van der Waals surface area contributed by atoms with Crippen molar-refractivity contribution in [3.8, 4) is 5.75 Å². The second-order valence-corrected chi connectivity index (χ2v) is 8.89. The lowest BCUT2D eigenvalue weighted by molar-refractivity contribution is 0.377. The first-order valence-electron chi connectivity index (χ1n) is 8.80. The molecule has 132 valence electrons. The smallest absolute Gasteiger partial charge is 0.145 e. The number of ether oxygens (including phenoxy) is 1. The van der Waals surface area contributed by atoms with Gasteiger partial charge in [0.2, 0.25) is 0 Å². The second kappa shape index (κ2) is 7.17. The summed E-state index contributed by atoms with van der Waals surface area (Å²) in [6.07, 6.45) is 4.15. The molecule has 3 aromatic rings. The number of benzene rings is 3. The van der Waals surface area contributed by atoms with Crippen LogP contribution in [0.25, 0.3) is 11.6 Å². The number of rotatable bonds is 2. The van der Waals surface area contributed by atoms with Gasteiger partial charge in [-0.15, -0.1) is 11.8 Å². The fourth-order valence-corrected chi connectivity index (χ4v) is 5.49. The zero-order valence-corrected chi connectivity index (χ0v) is 17.4. The van der Waals surface area contributed by atoms with Gasteiger partial charge in [0.05, 0.1) is 5.25 Å². The third kappa shape index (κ3) is 3.32. The molecule has 27 heavy (non-hydrogen) atoms. The van der Waals surface area contributed by atoms with Crippen LogP contribution in [0.3, 0.4) is 0 Å². The lowest BCUT2D eigenvalue weighted by Crippen LogP contribution is -2.05. The molecule has 0 saturated heterocycles. The van der Waals surface area contributed by atoms with Gasteiger partial charge in [0.25, 0.3) is 0 Å². The third-order valence-electron chi connectivity index (χ3n) is 4.75. The van der Waals surface area contributed by atoms with Gasteiger partial charge >= 0.3 is 0 Å². The van der Waals surface area contributed by atoms with Gasteiger partial charge in [-0.05, 0) is 75.2 Å². The standard InChI is InChI=1S/C23H16INOS/c24-18-8-6-17-12-19(16-7-9-21-20(13-16)25-10-11-26-21)23(27-22(17)14-18)15-4-2-1-3-5-15/h1-10,12-14,23H,11H2. The van der Waals surface area contributed by atoms with E-state index in [1.807, 2.05) is 24.0 Å². The van der Waals surface area contributed by atoms with Crippen LogP contribution in [0.15, 0.2) is 76.6 Å². The van der Waals surface area contributed by atoms with Crippen LogP contribution in [-0.4, -0.2) is 12.8 Å². The van der Waals surface area contributed by atoms with Gasteiger partial charge < -0.3 is 4.74 Å². The molecule has 4 heteroatoms. The van der Waals surface area contributed by atoms with E-state index in [1.54, 1.807) is 0 Å². The van der Waals surface area contributed by atoms with E-state index >= 15 is 0 Å². The molecule has 2 aliphatic heterocycles. The van der Waals surface area contributed by atoms with E-state index in [-0.39, 0.29) is 5.25 Å². The zero-order chi connectivity index (χ0) is 18.2. The third-order valence-corrected chi connectivity index (χ3v) is 6.79. The number of thioether (sulfide) groups is 1. The summed E-state index contributed by atoms with van der Waals surface area (Å²) in [7, 11) is 0. The van der Waals surface area contributed by atoms with E-state index in [1.165, 1.54) is 30.7 Å². The molecule has 3 aromatic carbocycles. The van der Waals surface area contributed by atoms with Crippen LogP contribution in [0.4, 0.5) is 5.69 Å². The summed E-state index contributed by atoms with van der Waals surface area (Å²) >= 11 is 4.31. The minimum atomic E-state index is 0.253. The first-order valence-corrected chi connectivity index (χ1v) is 10.8. The predicted octanol–water partition coefficient (Wildman–Crippen LogP) is 6.77. The first-order chi connectivity index (χ1) is 13.3. The maximum Gasteiger partial charge on any atom is 0.145 e. The van der Waals surface area contributed by atoms with Crippen LogP contribution in [0.2, 0.25) is 0 Å². The Bertz CT molecular complexity index is 1070. The van der Waals surface area contributed by atoms with Crippen molar-refractivity contribution in [1.82, 2.24) is 0 Å². The lowest BCUT2D eigenvalue weighted by atomic mass is 9.94. The predicted molar refractivity (Wildman–Crippen MR) is 122 cm³/mol. The molecule has 1 unspecified atom stereocenters. The van der Waals surface area contributed by atoms with Gasteiger partial charge in [0.1, 0.15) is 18.0 Å². The van der Waals surface area contributed by atoms with Gasteiger partial charge in [0.15, 0.2) is 0 Å². The minimum absolute atomic E-state index is 0.253. The Morgan fingerprint density at radius 2 is 1.89 bits per heavy atom. The maximum atomic E-state index is 5.67. The molecule has 0 aliphatic carbocycles. The summed E-state index contributed by atoms with van der Waals surface area (Å²) in [4.78, 5) is 5.85. The minimum Gasteiger partial charge on any atom is -0.486 e. The summed E-state index contributed by atoms with van der Waals surface area (Å²) < 4.78 is 6.94. The summed E-state index contributed by atoms with van der Waals surface area (Å²) in [5.41, 5.74) is 6.01. The van der Waals surface area contributed by atoms with Crippen molar-refractivity contribution >= 4 is 57.9 Å². The first kappa shape index (κ1) is 17.1. The van der Waals surface area contributed by atoms with Gasteiger partial charge in [-0.2, -0.15) is 0 Å². The van der Waals surface area contributed by atoms with Crippen molar-refractivity contribution in [1.29, 1.82) is 0 Å². The summed E-state index contributed by atoms with van der Waals surface area (Å²) in [5, 5.41) is 0.253. The zero-order valence-electron chi connectivity index (χ0n) is 14.4. The van der Waals surface area contributed by atoms with E-state index in [0.717, 1.165) is 11.4 Å². The molecule has 2 nitrogen and oxygen atoms in total. The highest BCUT2D eigenvalue weighted by Crippen LogP contribution is 2.51. The van der Waals surface area contributed by atoms with E-state index in [0.29, 0.717) is 6.61 Å². The van der Waals surface area contributed by atoms with E-state index in [9.17, 15) is 0 Å². The quantitative estimate of drug-likeness (QED) is 0.377. The number of halogens is 1. The Morgan fingerprint density at radius 3 is 2.78 bits per heavy atom. The molecule has 0 spiro atoms. The Hall–Kier alpha value is -2.05. The fraction of sp³-hybridized carbons (Fsp3) is 0.0870. The average molecular weight is 481 g/mol. The number of nitrogens with zero attached hydrogens (tertiary/aromatic N) is 1. The Balaban J connectivity index is 1.66. The normalized spacial score (nSPS) is 17.5.